The van der Waals surface area contributed by atoms with Crippen LogP contribution < -0.4 is 11.1 Å². The molecule has 0 unspecified atom stereocenters. The molecule has 3 rings (SSSR count). The zero-order valence-electron chi connectivity index (χ0n) is 12.3. The smallest absolute Gasteiger partial charge is 0.258 e. The van der Waals surface area contributed by atoms with Crippen LogP contribution in [0, 0.1) is 6.92 Å². The molecule has 0 aliphatic heterocycles. The number of carbonyl (C=O) groups is 2. The maximum Gasteiger partial charge on any atom is 0.258 e. The molecule has 2 amide bonds. The van der Waals surface area contributed by atoms with Crippen LogP contribution >= 0.6 is 0 Å². The van der Waals surface area contributed by atoms with E-state index < -0.39 is 5.91 Å². The van der Waals surface area contributed by atoms with E-state index in [0.717, 1.165) is 5.56 Å². The van der Waals surface area contributed by atoms with Gasteiger partial charge in [-0.15, -0.1) is 0 Å². The second-order valence-corrected chi connectivity index (χ2v) is 5.02. The summed E-state index contributed by atoms with van der Waals surface area (Å²) in [6.07, 6.45) is 6.26. The molecule has 0 spiro atoms. The summed E-state index contributed by atoms with van der Waals surface area (Å²) in [6, 6.07) is 6.33. The molecular weight excluding hydrogens is 296 g/mol. The summed E-state index contributed by atoms with van der Waals surface area (Å²) in [4.78, 5) is 23.6. The van der Waals surface area contributed by atoms with Crippen molar-refractivity contribution >= 4 is 17.5 Å². The highest BCUT2D eigenvalue weighted by molar-refractivity contribution is 6.06. The molecule has 0 bridgehead atoms. The summed E-state index contributed by atoms with van der Waals surface area (Å²) >= 11 is 0. The van der Waals surface area contributed by atoms with Crippen LogP contribution in [0.4, 0.5) is 5.69 Å². The molecule has 0 fully saturated rings. The van der Waals surface area contributed by atoms with E-state index in [1.54, 1.807) is 29.1 Å². The number of furan rings is 1. The molecule has 0 aliphatic carbocycles. The van der Waals surface area contributed by atoms with E-state index in [4.69, 9.17) is 10.2 Å². The van der Waals surface area contributed by atoms with Crippen molar-refractivity contribution in [3.63, 3.8) is 0 Å². The number of aryl methyl sites for hydroxylation is 1. The second-order valence-electron chi connectivity index (χ2n) is 5.02. The average Bonchev–Trinajstić information content (AvgIpc) is 3.18. The molecule has 0 saturated heterocycles. The van der Waals surface area contributed by atoms with Crippen molar-refractivity contribution in [2.75, 3.05) is 5.32 Å². The normalized spacial score (nSPS) is 10.5. The van der Waals surface area contributed by atoms with Crippen molar-refractivity contribution in [3.05, 3.63) is 65.9 Å². The summed E-state index contributed by atoms with van der Waals surface area (Å²) in [6.45, 7) is 1.91. The summed E-state index contributed by atoms with van der Waals surface area (Å²) in [5, 5.41) is 6.97. The molecule has 3 N–H and O–H groups in total. The maximum atomic E-state index is 12.2. The molecule has 7 heteroatoms. The molecule has 2 heterocycles. The summed E-state index contributed by atoms with van der Waals surface area (Å²) in [7, 11) is 0. The Labute approximate surface area is 131 Å². The van der Waals surface area contributed by atoms with E-state index in [1.165, 1.54) is 18.6 Å². The minimum absolute atomic E-state index is 0.292. The van der Waals surface area contributed by atoms with Gasteiger partial charge in [0, 0.05) is 11.8 Å². The second kappa shape index (κ2) is 5.80. The molecular formula is C16H14N4O3. The summed E-state index contributed by atoms with van der Waals surface area (Å²) in [5.41, 5.74) is 8.00. The first-order chi connectivity index (χ1) is 11.0. The van der Waals surface area contributed by atoms with Gasteiger partial charge in [-0.25, -0.2) is 4.68 Å². The van der Waals surface area contributed by atoms with Gasteiger partial charge in [0.25, 0.3) is 5.91 Å². The first kappa shape index (κ1) is 14.6. The number of hydrogen-bond donors (Lipinski definition) is 2. The number of anilines is 1. The summed E-state index contributed by atoms with van der Waals surface area (Å²) in [5.74, 6) is -0.933. The molecule has 1 aromatic carbocycles. The Balaban J connectivity index is 2.02. The monoisotopic (exact) mass is 310 g/mol. The van der Waals surface area contributed by atoms with Crippen LogP contribution in [0.5, 0.6) is 0 Å². The van der Waals surface area contributed by atoms with Crippen LogP contribution in [-0.2, 0) is 0 Å². The van der Waals surface area contributed by atoms with Gasteiger partial charge in [-0.05, 0) is 36.8 Å². The molecule has 116 valence electrons. The number of rotatable bonds is 4. The predicted molar refractivity (Wildman–Crippen MR) is 83.5 cm³/mol. The third kappa shape index (κ3) is 2.98. The van der Waals surface area contributed by atoms with Gasteiger partial charge in [0.05, 0.1) is 29.4 Å². The van der Waals surface area contributed by atoms with Crippen molar-refractivity contribution < 1.29 is 14.0 Å². The maximum absolute atomic E-state index is 12.2. The number of aromatic nitrogens is 2. The molecule has 7 nitrogen and oxygen atoms in total. The third-order valence-electron chi connectivity index (χ3n) is 3.27. The zero-order chi connectivity index (χ0) is 16.4. The standard InChI is InChI=1S/C16H14N4O3/c1-10-7-18-20(8-10)14-3-2-11(15(17)21)6-13(14)19-16(22)12-4-5-23-9-12/h2-9H,1H3,(H2,17,21)(H,19,22). The van der Waals surface area contributed by atoms with E-state index in [-0.39, 0.29) is 5.91 Å². The molecule has 3 aromatic rings. The lowest BCUT2D eigenvalue weighted by Gasteiger charge is -2.12. The number of nitrogens with one attached hydrogen (secondary N) is 1. The lowest BCUT2D eigenvalue weighted by molar-refractivity contribution is 0.0996. The third-order valence-corrected chi connectivity index (χ3v) is 3.27. The Morgan fingerprint density at radius 3 is 2.70 bits per heavy atom. The number of carbonyl (C=O) groups excluding carboxylic acids is 2. The van der Waals surface area contributed by atoms with Crippen LogP contribution in [0.3, 0.4) is 0 Å². The van der Waals surface area contributed by atoms with Crippen LogP contribution in [-0.4, -0.2) is 21.6 Å². The minimum atomic E-state index is -0.577. The number of nitrogens with zero attached hydrogens (tertiary/aromatic N) is 2. The van der Waals surface area contributed by atoms with Crippen molar-refractivity contribution in [2.24, 2.45) is 5.73 Å². The Kier molecular flexibility index (Phi) is 3.68. The largest absolute Gasteiger partial charge is 0.472 e. The van der Waals surface area contributed by atoms with E-state index in [9.17, 15) is 9.59 Å². The summed E-state index contributed by atoms with van der Waals surface area (Å²) < 4.78 is 6.52. The van der Waals surface area contributed by atoms with E-state index in [1.807, 2.05) is 13.1 Å². The van der Waals surface area contributed by atoms with Crippen molar-refractivity contribution in [1.82, 2.24) is 9.78 Å². The first-order valence-electron chi connectivity index (χ1n) is 6.83. The van der Waals surface area contributed by atoms with Crippen LogP contribution in [0.25, 0.3) is 5.69 Å². The van der Waals surface area contributed by atoms with Crippen LogP contribution in [0.2, 0.25) is 0 Å². The Hall–Kier alpha value is -3.35. The van der Waals surface area contributed by atoms with Gasteiger partial charge in [-0.2, -0.15) is 5.10 Å². The zero-order valence-corrected chi connectivity index (χ0v) is 12.3. The minimum Gasteiger partial charge on any atom is -0.472 e. The molecule has 0 radical (unpaired) electrons. The van der Waals surface area contributed by atoms with Crippen molar-refractivity contribution in [3.8, 4) is 5.69 Å². The highest BCUT2D eigenvalue weighted by Crippen LogP contribution is 2.23. The Morgan fingerprint density at radius 1 is 1.26 bits per heavy atom. The molecule has 0 atom stereocenters. The van der Waals surface area contributed by atoms with Gasteiger partial charge in [-0.3, -0.25) is 9.59 Å². The van der Waals surface area contributed by atoms with Crippen molar-refractivity contribution in [1.29, 1.82) is 0 Å². The predicted octanol–water partition coefficient (Wildman–Crippen LogP) is 2.12. The van der Waals surface area contributed by atoms with Gasteiger partial charge in [-0.1, -0.05) is 0 Å². The van der Waals surface area contributed by atoms with Gasteiger partial charge in [0.1, 0.15) is 6.26 Å². The molecule has 23 heavy (non-hydrogen) atoms. The number of primary amides is 1. The van der Waals surface area contributed by atoms with E-state index in [0.29, 0.717) is 22.5 Å². The van der Waals surface area contributed by atoms with Gasteiger partial charge in [0.2, 0.25) is 5.91 Å². The average molecular weight is 310 g/mol. The molecule has 0 saturated carbocycles. The molecule has 2 aromatic heterocycles. The van der Waals surface area contributed by atoms with Crippen molar-refractivity contribution in [2.45, 2.75) is 6.92 Å². The number of amides is 2. The fraction of sp³-hybridized carbons (Fsp3) is 0.0625. The fourth-order valence-corrected chi connectivity index (χ4v) is 2.12. The number of benzene rings is 1. The quantitative estimate of drug-likeness (QED) is 0.770. The topological polar surface area (TPSA) is 103 Å². The Bertz CT molecular complexity index is 865. The van der Waals surface area contributed by atoms with Crippen LogP contribution in [0.1, 0.15) is 26.3 Å². The van der Waals surface area contributed by atoms with Gasteiger partial charge >= 0.3 is 0 Å². The van der Waals surface area contributed by atoms with Gasteiger partial charge in [0.15, 0.2) is 0 Å². The van der Waals surface area contributed by atoms with E-state index in [2.05, 4.69) is 10.4 Å². The molecule has 0 aliphatic rings. The lowest BCUT2D eigenvalue weighted by Crippen LogP contribution is -2.16. The Morgan fingerprint density at radius 2 is 2.09 bits per heavy atom. The highest BCUT2D eigenvalue weighted by Gasteiger charge is 2.14. The lowest BCUT2D eigenvalue weighted by atomic mass is 10.1. The van der Waals surface area contributed by atoms with Gasteiger partial charge < -0.3 is 15.5 Å². The van der Waals surface area contributed by atoms with Crippen LogP contribution in [0.15, 0.2) is 53.6 Å². The number of hydrogen-bond acceptors (Lipinski definition) is 4. The number of nitrogens with two attached hydrogens (primary N) is 1. The highest BCUT2D eigenvalue weighted by atomic mass is 16.3. The SMILES string of the molecule is Cc1cnn(-c2ccc(C(N)=O)cc2NC(=O)c2ccoc2)c1. The first-order valence-corrected chi connectivity index (χ1v) is 6.83. The fourth-order valence-electron chi connectivity index (χ4n) is 2.12. The van der Waals surface area contributed by atoms with E-state index >= 15 is 0 Å².